The van der Waals surface area contributed by atoms with Crippen LogP contribution in [-0.4, -0.2) is 50.7 Å². The van der Waals surface area contributed by atoms with Crippen LogP contribution in [0.2, 0.25) is 0 Å². The van der Waals surface area contributed by atoms with Crippen molar-refractivity contribution in [2.75, 3.05) is 13.1 Å². The van der Waals surface area contributed by atoms with Gasteiger partial charge in [0.15, 0.2) is 5.82 Å². The van der Waals surface area contributed by atoms with Gasteiger partial charge in [-0.1, -0.05) is 0 Å². The van der Waals surface area contributed by atoms with Crippen molar-refractivity contribution in [3.63, 3.8) is 0 Å². The molecular weight excluding hydrogens is 296 g/mol. The number of hydrogen-bond acceptors (Lipinski definition) is 4. The summed E-state index contributed by atoms with van der Waals surface area (Å²) in [5, 5.41) is 2.67. The highest BCUT2D eigenvalue weighted by Crippen LogP contribution is 2.22. The van der Waals surface area contributed by atoms with Crippen LogP contribution in [0.3, 0.4) is 0 Å². The van der Waals surface area contributed by atoms with Crippen molar-refractivity contribution in [1.82, 2.24) is 19.8 Å². The van der Waals surface area contributed by atoms with Crippen LogP contribution in [0.25, 0.3) is 0 Å². The Morgan fingerprint density at radius 3 is 2.61 bits per heavy atom. The highest BCUT2D eigenvalue weighted by atomic mass is 16.2. The lowest BCUT2D eigenvalue weighted by Crippen LogP contribution is -2.57. The van der Waals surface area contributed by atoms with Gasteiger partial charge in [0.25, 0.3) is 0 Å². The molecule has 1 aromatic rings. The van der Waals surface area contributed by atoms with Crippen LogP contribution < -0.4 is 5.32 Å². The zero-order chi connectivity index (χ0) is 17.2. The summed E-state index contributed by atoms with van der Waals surface area (Å²) in [6.45, 7) is 5.72. The number of Topliss-reactive ketones (excluding diaryl/α,β-unsaturated/α-hetero) is 1. The third-order valence-electron chi connectivity index (χ3n) is 4.14. The highest BCUT2D eigenvalue weighted by molar-refractivity contribution is 5.96. The van der Waals surface area contributed by atoms with Crippen molar-refractivity contribution in [1.29, 1.82) is 0 Å². The summed E-state index contributed by atoms with van der Waals surface area (Å²) in [4.78, 5) is 42.3. The van der Waals surface area contributed by atoms with Gasteiger partial charge in [0.1, 0.15) is 5.54 Å². The molecule has 1 saturated heterocycles. The summed E-state index contributed by atoms with van der Waals surface area (Å²) < 4.78 is 1.70. The molecule has 1 aliphatic heterocycles. The average Bonchev–Trinajstić information content (AvgIpc) is 2.90. The Labute approximate surface area is 136 Å². The van der Waals surface area contributed by atoms with Gasteiger partial charge in [-0.3, -0.25) is 14.4 Å². The Balaban J connectivity index is 2.09. The van der Waals surface area contributed by atoms with E-state index >= 15 is 0 Å². The number of likely N-dealkylation sites (tertiary alicyclic amines) is 1. The summed E-state index contributed by atoms with van der Waals surface area (Å²) in [5.41, 5.74) is -0.972. The SMILES string of the molecule is CC(=O)NC(C)(C)C(=O)N1CCC[C@@H](C(=O)c2nccn2C)C1. The molecular formula is C16H24N4O3. The molecule has 126 valence electrons. The topological polar surface area (TPSA) is 84.3 Å². The zero-order valence-corrected chi connectivity index (χ0v) is 14.1. The van der Waals surface area contributed by atoms with Crippen LogP contribution in [0.4, 0.5) is 0 Å². The van der Waals surface area contributed by atoms with E-state index in [0.717, 1.165) is 12.8 Å². The Morgan fingerprint density at radius 1 is 1.35 bits per heavy atom. The second-order valence-electron chi connectivity index (χ2n) is 6.62. The van der Waals surface area contributed by atoms with Crippen LogP contribution in [0.1, 0.15) is 44.2 Å². The van der Waals surface area contributed by atoms with Crippen molar-refractivity contribution in [2.24, 2.45) is 13.0 Å². The molecule has 0 bridgehead atoms. The summed E-state index contributed by atoms with van der Waals surface area (Å²) in [6.07, 6.45) is 4.84. The molecule has 23 heavy (non-hydrogen) atoms. The number of carbonyl (C=O) groups is 3. The van der Waals surface area contributed by atoms with E-state index in [1.54, 1.807) is 42.8 Å². The Kier molecular flexibility index (Phi) is 4.87. The molecule has 2 amide bonds. The van der Waals surface area contributed by atoms with Gasteiger partial charge in [-0.25, -0.2) is 4.98 Å². The second-order valence-corrected chi connectivity index (χ2v) is 6.62. The lowest BCUT2D eigenvalue weighted by Gasteiger charge is -2.37. The van der Waals surface area contributed by atoms with E-state index in [1.807, 2.05) is 0 Å². The molecule has 0 aromatic carbocycles. The number of aryl methyl sites for hydroxylation is 1. The first kappa shape index (κ1) is 17.2. The maximum absolute atomic E-state index is 12.7. The van der Waals surface area contributed by atoms with Crippen LogP contribution in [0, 0.1) is 5.92 Å². The third kappa shape index (κ3) is 3.78. The number of aromatic nitrogens is 2. The van der Waals surface area contributed by atoms with Gasteiger partial charge in [-0.05, 0) is 26.7 Å². The van der Waals surface area contributed by atoms with Gasteiger partial charge in [0, 0.05) is 45.4 Å². The molecule has 1 atom stereocenters. The molecule has 2 heterocycles. The third-order valence-corrected chi connectivity index (χ3v) is 4.14. The quantitative estimate of drug-likeness (QED) is 0.830. The molecule has 0 unspecified atom stereocenters. The van der Waals surface area contributed by atoms with Crippen LogP contribution in [-0.2, 0) is 16.6 Å². The minimum Gasteiger partial charge on any atom is -0.342 e. The largest absolute Gasteiger partial charge is 0.342 e. The molecule has 7 nitrogen and oxygen atoms in total. The number of hydrogen-bond donors (Lipinski definition) is 1. The lowest BCUT2D eigenvalue weighted by molar-refractivity contribution is -0.141. The molecule has 0 radical (unpaired) electrons. The molecule has 0 spiro atoms. The fourth-order valence-electron chi connectivity index (χ4n) is 3.05. The molecule has 1 N–H and O–H groups in total. The first-order valence-corrected chi connectivity index (χ1v) is 7.82. The molecule has 1 aliphatic rings. The van der Waals surface area contributed by atoms with E-state index in [0.29, 0.717) is 18.9 Å². The number of rotatable bonds is 4. The number of piperidine rings is 1. The van der Waals surface area contributed by atoms with Crippen LogP contribution in [0.5, 0.6) is 0 Å². The Bertz CT molecular complexity index is 621. The molecule has 7 heteroatoms. The Morgan fingerprint density at radius 2 is 2.04 bits per heavy atom. The monoisotopic (exact) mass is 320 g/mol. The minimum absolute atomic E-state index is 0.0349. The number of carbonyl (C=O) groups excluding carboxylic acids is 3. The van der Waals surface area contributed by atoms with Gasteiger partial charge < -0.3 is 14.8 Å². The molecule has 0 saturated carbocycles. The van der Waals surface area contributed by atoms with Crippen molar-refractivity contribution in [3.05, 3.63) is 18.2 Å². The van der Waals surface area contributed by atoms with Gasteiger partial charge in [0.2, 0.25) is 17.6 Å². The lowest BCUT2D eigenvalue weighted by atomic mass is 9.91. The van der Waals surface area contributed by atoms with E-state index in [9.17, 15) is 14.4 Å². The maximum atomic E-state index is 12.7. The zero-order valence-electron chi connectivity index (χ0n) is 14.1. The number of amides is 2. The number of nitrogens with one attached hydrogen (secondary N) is 1. The predicted molar refractivity (Wildman–Crippen MR) is 84.7 cm³/mol. The summed E-state index contributed by atoms with van der Waals surface area (Å²) >= 11 is 0. The Hall–Kier alpha value is -2.18. The first-order chi connectivity index (χ1) is 10.7. The molecule has 1 fully saturated rings. The molecule has 2 rings (SSSR count). The fourth-order valence-corrected chi connectivity index (χ4v) is 3.05. The number of ketones is 1. The van der Waals surface area contributed by atoms with E-state index in [2.05, 4.69) is 10.3 Å². The standard InChI is InChI=1S/C16H24N4O3/c1-11(21)18-16(2,3)15(23)20-8-5-6-12(10-20)13(22)14-17-7-9-19(14)4/h7,9,12H,5-6,8,10H2,1-4H3,(H,18,21)/t12-/m1/s1. The van der Waals surface area contributed by atoms with Gasteiger partial charge in [0.05, 0.1) is 0 Å². The minimum atomic E-state index is -0.972. The predicted octanol–water partition coefficient (Wildman–Crippen LogP) is 0.756. The van der Waals surface area contributed by atoms with E-state index in [4.69, 9.17) is 0 Å². The summed E-state index contributed by atoms with van der Waals surface area (Å²) in [6, 6.07) is 0. The van der Waals surface area contributed by atoms with E-state index in [1.165, 1.54) is 6.92 Å². The fraction of sp³-hybridized carbons (Fsp3) is 0.625. The van der Waals surface area contributed by atoms with Crippen molar-refractivity contribution < 1.29 is 14.4 Å². The second kappa shape index (κ2) is 6.52. The maximum Gasteiger partial charge on any atom is 0.247 e. The van der Waals surface area contributed by atoms with Crippen molar-refractivity contribution in [2.45, 2.75) is 39.2 Å². The first-order valence-electron chi connectivity index (χ1n) is 7.82. The van der Waals surface area contributed by atoms with Crippen LogP contribution in [0.15, 0.2) is 12.4 Å². The molecule has 0 aliphatic carbocycles. The molecule has 1 aromatic heterocycles. The normalized spacial score (nSPS) is 18.6. The van der Waals surface area contributed by atoms with E-state index in [-0.39, 0.29) is 23.5 Å². The summed E-state index contributed by atoms with van der Waals surface area (Å²) in [7, 11) is 1.78. The number of imidazole rings is 1. The highest BCUT2D eigenvalue weighted by Gasteiger charge is 2.37. The van der Waals surface area contributed by atoms with Crippen LogP contribution >= 0.6 is 0 Å². The van der Waals surface area contributed by atoms with E-state index < -0.39 is 5.54 Å². The van der Waals surface area contributed by atoms with Gasteiger partial charge in [-0.2, -0.15) is 0 Å². The van der Waals surface area contributed by atoms with Gasteiger partial charge >= 0.3 is 0 Å². The number of nitrogens with zero attached hydrogens (tertiary/aromatic N) is 3. The van der Waals surface area contributed by atoms with Crippen molar-refractivity contribution >= 4 is 17.6 Å². The van der Waals surface area contributed by atoms with Gasteiger partial charge in [-0.15, -0.1) is 0 Å². The average molecular weight is 320 g/mol. The van der Waals surface area contributed by atoms with Crippen molar-refractivity contribution in [3.8, 4) is 0 Å². The smallest absolute Gasteiger partial charge is 0.247 e. The summed E-state index contributed by atoms with van der Waals surface area (Å²) in [5.74, 6) is -0.272.